The number of furan rings is 1. The third kappa shape index (κ3) is 2.95. The fourth-order valence-electron chi connectivity index (χ4n) is 3.25. The topological polar surface area (TPSA) is 89.1 Å². The van der Waals surface area contributed by atoms with Crippen LogP contribution >= 0.6 is 0 Å². The van der Waals surface area contributed by atoms with Crippen molar-refractivity contribution in [3.8, 4) is 0 Å². The first-order valence-electron chi connectivity index (χ1n) is 8.37. The van der Waals surface area contributed by atoms with Crippen LogP contribution in [-0.4, -0.2) is 44.8 Å². The van der Waals surface area contributed by atoms with Gasteiger partial charge in [0.2, 0.25) is 0 Å². The van der Waals surface area contributed by atoms with Gasteiger partial charge in [0.25, 0.3) is 5.91 Å². The Hall–Kier alpha value is -2.90. The van der Waals surface area contributed by atoms with E-state index in [1.165, 1.54) is 0 Å². The fourth-order valence-corrected chi connectivity index (χ4v) is 3.25. The van der Waals surface area contributed by atoms with Crippen LogP contribution in [0.15, 0.2) is 29.1 Å². The summed E-state index contributed by atoms with van der Waals surface area (Å²) < 4.78 is 7.13. The molecule has 0 spiro atoms. The molecule has 4 rings (SSSR count). The molecule has 1 aliphatic rings. The van der Waals surface area contributed by atoms with Crippen LogP contribution < -0.4 is 10.2 Å². The van der Waals surface area contributed by atoms with Gasteiger partial charge in [-0.3, -0.25) is 9.48 Å². The van der Waals surface area contributed by atoms with Crippen LogP contribution in [0.3, 0.4) is 0 Å². The number of aryl methyl sites for hydroxylation is 2. The van der Waals surface area contributed by atoms with Crippen LogP contribution in [0, 0.1) is 6.92 Å². The highest BCUT2D eigenvalue weighted by molar-refractivity contribution is 5.91. The van der Waals surface area contributed by atoms with Gasteiger partial charge in [0.05, 0.1) is 11.6 Å². The maximum Gasteiger partial charge on any atom is 0.287 e. The van der Waals surface area contributed by atoms with E-state index < -0.39 is 0 Å². The van der Waals surface area contributed by atoms with E-state index in [4.69, 9.17) is 4.42 Å². The summed E-state index contributed by atoms with van der Waals surface area (Å²) in [5.74, 6) is 1.87. The van der Waals surface area contributed by atoms with Gasteiger partial charge in [-0.15, -0.1) is 0 Å². The molecule has 0 aliphatic carbocycles. The normalized spacial score (nSPS) is 15.7. The first kappa shape index (κ1) is 15.6. The summed E-state index contributed by atoms with van der Waals surface area (Å²) >= 11 is 0. The van der Waals surface area contributed by atoms with Gasteiger partial charge in [0, 0.05) is 26.2 Å². The minimum Gasteiger partial charge on any atom is -0.456 e. The van der Waals surface area contributed by atoms with Gasteiger partial charge in [0.1, 0.15) is 17.9 Å². The lowest BCUT2D eigenvalue weighted by atomic mass is 10.0. The second kappa shape index (κ2) is 6.19. The number of hydrogen-bond acceptors (Lipinski definition) is 6. The Kier molecular flexibility index (Phi) is 3.87. The van der Waals surface area contributed by atoms with Crippen LogP contribution in [-0.2, 0) is 7.05 Å². The minimum atomic E-state index is -0.150. The molecule has 0 aromatic carbocycles. The highest BCUT2D eigenvalue weighted by Crippen LogP contribution is 2.25. The molecule has 1 N–H and O–H groups in total. The molecule has 3 aromatic heterocycles. The fraction of sp³-hybridized carbons (Fsp3) is 0.412. The summed E-state index contributed by atoms with van der Waals surface area (Å²) in [4.78, 5) is 23.2. The Morgan fingerprint density at radius 2 is 2.08 bits per heavy atom. The molecule has 1 aliphatic heterocycles. The summed E-state index contributed by atoms with van der Waals surface area (Å²) in [6, 6.07) is 3.64. The highest BCUT2D eigenvalue weighted by atomic mass is 16.3. The SMILES string of the molecule is Cc1ccc(C(=O)NC2CCN(c3ncnc4c3cnn4C)CC2)o1. The van der Waals surface area contributed by atoms with Crippen LogP contribution in [0.25, 0.3) is 11.0 Å². The Morgan fingerprint density at radius 1 is 1.28 bits per heavy atom. The molecule has 8 heteroatoms. The first-order chi connectivity index (χ1) is 12.1. The number of carbonyl (C=O) groups excluding carboxylic acids is 1. The van der Waals surface area contributed by atoms with Crippen LogP contribution in [0.2, 0.25) is 0 Å². The van der Waals surface area contributed by atoms with E-state index >= 15 is 0 Å². The molecule has 0 bridgehead atoms. The maximum absolute atomic E-state index is 12.2. The Balaban J connectivity index is 1.42. The lowest BCUT2D eigenvalue weighted by Crippen LogP contribution is -2.45. The molecule has 3 aromatic rings. The number of aromatic nitrogens is 4. The van der Waals surface area contributed by atoms with Gasteiger partial charge >= 0.3 is 0 Å². The van der Waals surface area contributed by atoms with Crippen LogP contribution in [0.4, 0.5) is 5.82 Å². The number of nitrogens with zero attached hydrogens (tertiary/aromatic N) is 5. The second-order valence-electron chi connectivity index (χ2n) is 6.35. The Bertz CT molecular complexity index is 907. The molecule has 1 fully saturated rings. The maximum atomic E-state index is 12.2. The highest BCUT2D eigenvalue weighted by Gasteiger charge is 2.24. The van der Waals surface area contributed by atoms with Crippen molar-refractivity contribution in [3.63, 3.8) is 0 Å². The van der Waals surface area contributed by atoms with E-state index in [2.05, 4.69) is 25.3 Å². The van der Waals surface area contributed by atoms with Crippen molar-refractivity contribution < 1.29 is 9.21 Å². The molecule has 1 saturated heterocycles. The zero-order valence-corrected chi connectivity index (χ0v) is 14.3. The van der Waals surface area contributed by atoms with Crippen molar-refractivity contribution in [1.29, 1.82) is 0 Å². The smallest absolute Gasteiger partial charge is 0.287 e. The monoisotopic (exact) mass is 340 g/mol. The molecule has 130 valence electrons. The van der Waals surface area contributed by atoms with Crippen LogP contribution in [0.1, 0.15) is 29.2 Å². The summed E-state index contributed by atoms with van der Waals surface area (Å²) in [5, 5.41) is 8.27. The first-order valence-corrected chi connectivity index (χ1v) is 8.37. The zero-order chi connectivity index (χ0) is 17.4. The quantitative estimate of drug-likeness (QED) is 0.780. The number of anilines is 1. The molecule has 1 amide bonds. The number of nitrogens with one attached hydrogen (secondary N) is 1. The van der Waals surface area contributed by atoms with Gasteiger partial charge in [-0.1, -0.05) is 0 Å². The van der Waals surface area contributed by atoms with Crippen molar-refractivity contribution in [2.24, 2.45) is 7.05 Å². The van der Waals surface area contributed by atoms with Crippen molar-refractivity contribution in [3.05, 3.63) is 36.2 Å². The second-order valence-corrected chi connectivity index (χ2v) is 6.35. The molecular weight excluding hydrogens is 320 g/mol. The Morgan fingerprint density at radius 3 is 2.80 bits per heavy atom. The summed E-state index contributed by atoms with van der Waals surface area (Å²) in [6.07, 6.45) is 5.10. The van der Waals surface area contributed by atoms with Crippen molar-refractivity contribution >= 4 is 22.8 Å². The summed E-state index contributed by atoms with van der Waals surface area (Å²) in [5.41, 5.74) is 0.827. The van der Waals surface area contributed by atoms with E-state index in [1.807, 2.05) is 14.0 Å². The number of hydrogen-bond donors (Lipinski definition) is 1. The molecule has 0 radical (unpaired) electrons. The molecule has 0 saturated carbocycles. The number of rotatable bonds is 3. The van der Waals surface area contributed by atoms with E-state index in [0.717, 1.165) is 48.5 Å². The standard InChI is InChI=1S/C17H20N6O2/c1-11-3-4-14(25-11)17(24)21-12-5-7-23(8-6-12)16-13-9-20-22(2)15(13)18-10-19-16/h3-4,9-10,12H,5-8H2,1-2H3,(H,21,24). The number of fused-ring (bicyclic) bond motifs is 1. The number of carbonyl (C=O) groups is 1. The van der Waals surface area contributed by atoms with Gasteiger partial charge < -0.3 is 14.6 Å². The van der Waals surface area contributed by atoms with Gasteiger partial charge in [-0.05, 0) is 31.9 Å². The lowest BCUT2D eigenvalue weighted by Gasteiger charge is -2.33. The van der Waals surface area contributed by atoms with E-state index in [1.54, 1.807) is 29.3 Å². The van der Waals surface area contributed by atoms with Crippen molar-refractivity contribution in [2.45, 2.75) is 25.8 Å². The van der Waals surface area contributed by atoms with Gasteiger partial charge in [-0.25, -0.2) is 9.97 Å². The largest absolute Gasteiger partial charge is 0.456 e. The average molecular weight is 340 g/mol. The lowest BCUT2D eigenvalue weighted by molar-refractivity contribution is 0.0901. The number of piperidine rings is 1. The van der Waals surface area contributed by atoms with E-state index in [0.29, 0.717) is 5.76 Å². The van der Waals surface area contributed by atoms with Crippen molar-refractivity contribution in [2.75, 3.05) is 18.0 Å². The Labute approximate surface area is 144 Å². The van der Waals surface area contributed by atoms with Crippen molar-refractivity contribution in [1.82, 2.24) is 25.1 Å². The van der Waals surface area contributed by atoms with E-state index in [-0.39, 0.29) is 11.9 Å². The van der Waals surface area contributed by atoms with E-state index in [9.17, 15) is 4.79 Å². The molecule has 0 unspecified atom stereocenters. The summed E-state index contributed by atoms with van der Waals surface area (Å²) in [7, 11) is 1.87. The zero-order valence-electron chi connectivity index (χ0n) is 14.3. The molecule has 0 atom stereocenters. The molecule has 4 heterocycles. The third-order valence-electron chi connectivity index (χ3n) is 4.60. The van der Waals surface area contributed by atoms with Gasteiger partial charge in [-0.2, -0.15) is 5.10 Å². The molecule has 8 nitrogen and oxygen atoms in total. The average Bonchev–Trinajstić information content (AvgIpc) is 3.22. The molecular formula is C17H20N6O2. The number of amides is 1. The predicted octanol–water partition coefficient (Wildman–Crippen LogP) is 1.66. The predicted molar refractivity (Wildman–Crippen MR) is 92.5 cm³/mol. The summed E-state index contributed by atoms with van der Waals surface area (Å²) in [6.45, 7) is 3.47. The third-order valence-corrected chi connectivity index (χ3v) is 4.60. The molecule has 25 heavy (non-hydrogen) atoms. The minimum absolute atomic E-state index is 0.139. The van der Waals surface area contributed by atoms with Gasteiger partial charge in [0.15, 0.2) is 11.4 Å². The van der Waals surface area contributed by atoms with Crippen LogP contribution in [0.5, 0.6) is 0 Å².